The van der Waals surface area contributed by atoms with Gasteiger partial charge in [0, 0.05) is 12.7 Å². The summed E-state index contributed by atoms with van der Waals surface area (Å²) in [6, 6.07) is 5.32. The number of aromatic nitrogens is 1. The van der Waals surface area contributed by atoms with Crippen LogP contribution in [0, 0.1) is 17.1 Å². The maximum absolute atomic E-state index is 14.3. The number of carbonyl (C=O) groups is 2. The summed E-state index contributed by atoms with van der Waals surface area (Å²) in [4.78, 5) is 30.4. The van der Waals surface area contributed by atoms with Crippen LogP contribution in [-0.2, 0) is 11.0 Å². The van der Waals surface area contributed by atoms with Crippen molar-refractivity contribution >= 4 is 41.0 Å². The van der Waals surface area contributed by atoms with E-state index in [2.05, 4.69) is 4.98 Å². The van der Waals surface area contributed by atoms with E-state index in [1.807, 2.05) is 0 Å². The lowest BCUT2D eigenvalue weighted by molar-refractivity contribution is -0.138. The predicted molar refractivity (Wildman–Crippen MR) is 113 cm³/mol. The van der Waals surface area contributed by atoms with Crippen LogP contribution in [0.25, 0.3) is 0 Å². The zero-order valence-corrected chi connectivity index (χ0v) is 17.9. The number of carbonyl (C=O) groups excluding carboxylic acids is 1. The lowest BCUT2D eigenvalue weighted by atomic mass is 9.74. The Bertz CT molecular complexity index is 1180. The van der Waals surface area contributed by atoms with E-state index in [1.165, 1.54) is 24.1 Å². The highest BCUT2D eigenvalue weighted by Gasteiger charge is 2.51. The lowest BCUT2D eigenvalue weighted by Gasteiger charge is -2.49. The van der Waals surface area contributed by atoms with E-state index in [0.717, 1.165) is 28.7 Å². The molecule has 33 heavy (non-hydrogen) atoms. The summed E-state index contributed by atoms with van der Waals surface area (Å²) in [6.45, 7) is 0. The molecule has 1 amide bonds. The molecular formula is C21H16F4N4O3S. The van der Waals surface area contributed by atoms with Gasteiger partial charge in [0.15, 0.2) is 5.69 Å². The summed E-state index contributed by atoms with van der Waals surface area (Å²) in [5.74, 6) is -3.10. The van der Waals surface area contributed by atoms with Crippen LogP contribution in [-0.4, -0.2) is 40.0 Å². The average molecular weight is 480 g/mol. The maximum atomic E-state index is 14.3. The molecule has 172 valence electrons. The van der Waals surface area contributed by atoms with E-state index in [-0.39, 0.29) is 24.2 Å². The van der Waals surface area contributed by atoms with E-state index in [4.69, 9.17) is 22.6 Å². The minimum atomic E-state index is -4.85. The van der Waals surface area contributed by atoms with Crippen LogP contribution in [0.15, 0.2) is 30.5 Å². The van der Waals surface area contributed by atoms with Gasteiger partial charge < -0.3 is 14.9 Å². The number of aromatic carboxylic acids is 1. The molecule has 7 nitrogen and oxygen atoms in total. The van der Waals surface area contributed by atoms with Gasteiger partial charge in [0.1, 0.15) is 17.4 Å². The van der Waals surface area contributed by atoms with Crippen molar-refractivity contribution in [3.8, 4) is 6.07 Å². The van der Waals surface area contributed by atoms with Gasteiger partial charge in [-0.25, -0.2) is 14.2 Å². The van der Waals surface area contributed by atoms with E-state index in [0.29, 0.717) is 12.5 Å². The monoisotopic (exact) mass is 480 g/mol. The third-order valence-corrected chi connectivity index (χ3v) is 5.79. The number of alkyl halides is 3. The number of nitrogens with zero attached hydrogens (tertiary/aromatic N) is 4. The van der Waals surface area contributed by atoms with Crippen LogP contribution in [0.3, 0.4) is 0 Å². The van der Waals surface area contributed by atoms with Gasteiger partial charge >= 0.3 is 12.1 Å². The molecule has 1 heterocycles. The number of pyridine rings is 1. The number of carboxylic acid groups (broad SMARTS) is 1. The molecule has 0 aliphatic heterocycles. The van der Waals surface area contributed by atoms with Crippen molar-refractivity contribution in [1.82, 2.24) is 4.98 Å². The minimum Gasteiger partial charge on any atom is -0.478 e. The molecule has 0 saturated heterocycles. The summed E-state index contributed by atoms with van der Waals surface area (Å²) in [5, 5.41) is 17.9. The maximum Gasteiger partial charge on any atom is 0.419 e. The first kappa shape index (κ1) is 24.1. The number of amides is 1. The standard InChI is InChI=1S/C21H16F4N4O3S/c1-28(13-7-15(21(23,24)25)17(9-26)27-10-13)19(32)20(5-2-6-20)29(11-33)12-3-4-14(18(30)31)16(22)8-12/h3-4,7-8,10-11H,2,5-6H2,1H3,(H,30,31). The highest BCUT2D eigenvalue weighted by molar-refractivity contribution is 7.79. The van der Waals surface area contributed by atoms with Crippen LogP contribution in [0.1, 0.15) is 40.9 Å². The number of hydrogen-bond acceptors (Lipinski definition) is 5. The van der Waals surface area contributed by atoms with Crippen molar-refractivity contribution in [1.29, 1.82) is 5.26 Å². The van der Waals surface area contributed by atoms with E-state index in [9.17, 15) is 27.2 Å². The van der Waals surface area contributed by atoms with Gasteiger partial charge in [-0.2, -0.15) is 18.4 Å². The molecule has 1 saturated carbocycles. The molecule has 0 spiro atoms. The second kappa shape index (κ2) is 8.74. The molecule has 1 fully saturated rings. The fourth-order valence-corrected chi connectivity index (χ4v) is 4.00. The molecule has 1 aromatic heterocycles. The second-order valence-corrected chi connectivity index (χ2v) is 7.60. The number of benzene rings is 1. The topological polar surface area (TPSA) is 97.5 Å². The van der Waals surface area contributed by atoms with Gasteiger partial charge in [0.25, 0.3) is 5.91 Å². The summed E-state index contributed by atoms with van der Waals surface area (Å²) >= 11 is 5.05. The normalized spacial score (nSPS) is 14.5. The molecule has 2 aromatic rings. The fraction of sp³-hybridized carbons (Fsp3) is 0.286. The Hall–Kier alpha value is -3.59. The van der Waals surface area contributed by atoms with Crippen molar-refractivity contribution in [2.75, 3.05) is 16.8 Å². The largest absolute Gasteiger partial charge is 0.478 e. The quantitative estimate of drug-likeness (QED) is 0.490. The molecule has 0 atom stereocenters. The summed E-state index contributed by atoms with van der Waals surface area (Å²) in [5.41, 5.74) is -2.89. The number of carboxylic acids is 1. The van der Waals surface area contributed by atoms with Gasteiger partial charge in [0.2, 0.25) is 0 Å². The van der Waals surface area contributed by atoms with Crippen molar-refractivity contribution in [3.05, 3.63) is 53.1 Å². The van der Waals surface area contributed by atoms with E-state index in [1.54, 1.807) is 0 Å². The molecular weight excluding hydrogens is 464 g/mol. The second-order valence-electron chi connectivity index (χ2n) is 7.39. The Labute approximate surface area is 190 Å². The van der Waals surface area contributed by atoms with Crippen molar-refractivity contribution in [2.45, 2.75) is 31.0 Å². The molecule has 1 N–H and O–H groups in total. The first-order chi connectivity index (χ1) is 15.5. The van der Waals surface area contributed by atoms with Crippen LogP contribution in [0.4, 0.5) is 28.9 Å². The molecule has 12 heteroatoms. The average Bonchev–Trinajstić information content (AvgIpc) is 2.73. The first-order valence-electron chi connectivity index (χ1n) is 9.49. The van der Waals surface area contributed by atoms with Crippen LogP contribution < -0.4 is 9.80 Å². The highest BCUT2D eigenvalue weighted by atomic mass is 32.1. The van der Waals surface area contributed by atoms with Gasteiger partial charge in [0.05, 0.1) is 28.5 Å². The Balaban J connectivity index is 2.01. The summed E-state index contributed by atoms with van der Waals surface area (Å²) in [6.07, 6.45) is -2.70. The summed E-state index contributed by atoms with van der Waals surface area (Å²) in [7, 11) is 1.27. The van der Waals surface area contributed by atoms with Gasteiger partial charge in [-0.15, -0.1) is 0 Å². The van der Waals surface area contributed by atoms with E-state index < -0.39 is 46.2 Å². The minimum absolute atomic E-state index is 0.128. The number of anilines is 2. The van der Waals surface area contributed by atoms with Gasteiger partial charge in [-0.1, -0.05) is 12.2 Å². The Morgan fingerprint density at radius 1 is 1.27 bits per heavy atom. The first-order valence-corrected chi connectivity index (χ1v) is 9.96. The molecule has 1 aliphatic carbocycles. The van der Waals surface area contributed by atoms with Gasteiger partial charge in [-0.05, 0) is 43.5 Å². The van der Waals surface area contributed by atoms with E-state index >= 15 is 0 Å². The van der Waals surface area contributed by atoms with Crippen molar-refractivity contribution in [2.24, 2.45) is 0 Å². The van der Waals surface area contributed by atoms with Crippen molar-refractivity contribution in [3.63, 3.8) is 0 Å². The molecule has 0 unspecified atom stereocenters. The lowest BCUT2D eigenvalue weighted by Crippen LogP contribution is -2.63. The van der Waals surface area contributed by atoms with Crippen LogP contribution in [0.5, 0.6) is 0 Å². The SMILES string of the molecule is CN(C(=O)C1(N(C=S)c2ccc(C(=O)O)c(F)c2)CCC1)c1cnc(C#N)c(C(F)(F)F)c1. The number of hydrogen-bond donors (Lipinski definition) is 1. The number of halogens is 4. The number of nitriles is 1. The Kier molecular flexibility index (Phi) is 6.37. The zero-order chi connectivity index (χ0) is 24.6. The van der Waals surface area contributed by atoms with Crippen LogP contribution in [0.2, 0.25) is 0 Å². The number of thiocarbonyl (C=S) groups is 1. The Morgan fingerprint density at radius 3 is 2.39 bits per heavy atom. The smallest absolute Gasteiger partial charge is 0.419 e. The predicted octanol–water partition coefficient (Wildman–Crippen LogP) is 4.16. The molecule has 3 rings (SSSR count). The number of likely N-dealkylation sites (N-methyl/N-ethyl adjacent to an activating group) is 1. The summed E-state index contributed by atoms with van der Waals surface area (Å²) < 4.78 is 54.2. The highest BCUT2D eigenvalue weighted by Crippen LogP contribution is 2.42. The zero-order valence-electron chi connectivity index (χ0n) is 17.1. The van der Waals surface area contributed by atoms with Crippen molar-refractivity contribution < 1.29 is 32.3 Å². The molecule has 0 bridgehead atoms. The third-order valence-electron chi connectivity index (χ3n) is 5.58. The third kappa shape index (κ3) is 4.23. The molecule has 1 aliphatic rings. The number of rotatable bonds is 6. The Morgan fingerprint density at radius 2 is 1.94 bits per heavy atom. The molecule has 1 aromatic carbocycles. The van der Waals surface area contributed by atoms with Gasteiger partial charge in [-0.3, -0.25) is 4.79 Å². The van der Waals surface area contributed by atoms with Crippen LogP contribution >= 0.6 is 12.2 Å². The fourth-order valence-electron chi connectivity index (χ4n) is 3.68. The molecule has 0 radical (unpaired) electrons.